The van der Waals surface area contributed by atoms with Crippen molar-refractivity contribution in [3.05, 3.63) is 56.4 Å². The maximum absolute atomic E-state index is 13.4. The summed E-state index contributed by atoms with van der Waals surface area (Å²) in [6.45, 7) is 5.74. The topological polar surface area (TPSA) is 58.4 Å². The molecule has 0 unspecified atom stereocenters. The van der Waals surface area contributed by atoms with Crippen molar-refractivity contribution in [2.75, 3.05) is 25.5 Å². The SMILES string of the molecule is CCN(Cc1ccc(N(C)C)cc1)C(=O)c1sc2nc3n(c(=O)c2c1C)CCCCC3. The normalized spacial score (nSPS) is 13.7. The molecule has 3 aromatic rings. The first-order valence-corrected chi connectivity index (χ1v) is 11.8. The maximum atomic E-state index is 13.4. The number of rotatable bonds is 5. The third kappa shape index (κ3) is 4.11. The van der Waals surface area contributed by atoms with Gasteiger partial charge in [-0.1, -0.05) is 18.6 Å². The summed E-state index contributed by atoms with van der Waals surface area (Å²) in [6.07, 6.45) is 4.02. The second kappa shape index (κ2) is 8.83. The lowest BCUT2D eigenvalue weighted by molar-refractivity contribution is 0.0757. The lowest BCUT2D eigenvalue weighted by atomic mass is 10.1. The van der Waals surface area contributed by atoms with Crippen molar-refractivity contribution in [2.24, 2.45) is 0 Å². The lowest BCUT2D eigenvalue weighted by Gasteiger charge is -2.21. The number of hydrogen-bond donors (Lipinski definition) is 0. The predicted molar refractivity (Wildman–Crippen MR) is 127 cm³/mol. The van der Waals surface area contributed by atoms with E-state index in [0.717, 1.165) is 54.9 Å². The molecular formula is C24H30N4O2S. The van der Waals surface area contributed by atoms with Crippen LogP contribution >= 0.6 is 11.3 Å². The summed E-state index contributed by atoms with van der Waals surface area (Å²) in [4.78, 5) is 36.7. The number of thiophene rings is 1. The highest BCUT2D eigenvalue weighted by atomic mass is 32.1. The standard InChI is InChI=1S/C24H30N4O2S/c1-5-27(15-17-10-12-18(13-11-17)26(3)4)24(30)21-16(2)20-22(31-21)25-19-9-7-6-8-14-28(19)23(20)29/h10-13H,5-9,14-15H2,1-4H3. The van der Waals surface area contributed by atoms with E-state index in [1.807, 2.05) is 37.4 Å². The molecule has 7 heteroatoms. The zero-order valence-electron chi connectivity index (χ0n) is 18.8. The molecule has 1 aromatic carbocycles. The van der Waals surface area contributed by atoms with Gasteiger partial charge in [0.2, 0.25) is 0 Å². The summed E-state index contributed by atoms with van der Waals surface area (Å²) < 4.78 is 1.83. The van der Waals surface area contributed by atoms with Crippen LogP contribution in [0.25, 0.3) is 10.2 Å². The van der Waals surface area contributed by atoms with Gasteiger partial charge in [0.25, 0.3) is 11.5 Å². The lowest BCUT2D eigenvalue weighted by Crippen LogP contribution is -2.30. The average Bonchev–Trinajstić information content (AvgIpc) is 2.93. The molecule has 1 amide bonds. The molecule has 3 heterocycles. The molecule has 164 valence electrons. The number of anilines is 1. The number of aromatic nitrogens is 2. The van der Waals surface area contributed by atoms with Crippen molar-refractivity contribution in [1.82, 2.24) is 14.5 Å². The summed E-state index contributed by atoms with van der Waals surface area (Å²) in [7, 11) is 4.02. The quantitative estimate of drug-likeness (QED) is 0.598. The average molecular weight is 439 g/mol. The Morgan fingerprint density at radius 2 is 1.90 bits per heavy atom. The molecule has 0 bridgehead atoms. The molecule has 0 atom stereocenters. The van der Waals surface area contributed by atoms with E-state index in [1.165, 1.54) is 11.3 Å². The highest BCUT2D eigenvalue weighted by molar-refractivity contribution is 7.20. The van der Waals surface area contributed by atoms with Gasteiger partial charge < -0.3 is 9.80 Å². The number of fused-ring (bicyclic) bond motifs is 2. The Bertz CT molecular complexity index is 1160. The van der Waals surface area contributed by atoms with Gasteiger partial charge in [-0.3, -0.25) is 14.2 Å². The zero-order valence-corrected chi connectivity index (χ0v) is 19.6. The fourth-order valence-electron chi connectivity index (χ4n) is 4.20. The molecule has 31 heavy (non-hydrogen) atoms. The molecule has 0 radical (unpaired) electrons. The van der Waals surface area contributed by atoms with Crippen LogP contribution in [0, 0.1) is 6.92 Å². The fraction of sp³-hybridized carbons (Fsp3) is 0.458. The Morgan fingerprint density at radius 3 is 2.58 bits per heavy atom. The molecule has 0 fully saturated rings. The van der Waals surface area contributed by atoms with Gasteiger partial charge in [0, 0.05) is 45.8 Å². The third-order valence-electron chi connectivity index (χ3n) is 6.10. The molecule has 2 aromatic heterocycles. The second-order valence-corrected chi connectivity index (χ2v) is 9.41. The largest absolute Gasteiger partial charge is 0.378 e. The van der Waals surface area contributed by atoms with Crippen molar-refractivity contribution >= 4 is 33.1 Å². The van der Waals surface area contributed by atoms with Gasteiger partial charge in [0.1, 0.15) is 10.7 Å². The van der Waals surface area contributed by atoms with Crippen LogP contribution in [0.3, 0.4) is 0 Å². The molecule has 1 aliphatic rings. The van der Waals surface area contributed by atoms with Gasteiger partial charge in [-0.15, -0.1) is 11.3 Å². The van der Waals surface area contributed by atoms with Crippen molar-refractivity contribution in [1.29, 1.82) is 0 Å². The third-order valence-corrected chi connectivity index (χ3v) is 7.27. The second-order valence-electron chi connectivity index (χ2n) is 8.41. The summed E-state index contributed by atoms with van der Waals surface area (Å²) in [6, 6.07) is 8.26. The van der Waals surface area contributed by atoms with Crippen LogP contribution in [0.1, 0.15) is 52.8 Å². The Kier molecular flexibility index (Phi) is 6.14. The van der Waals surface area contributed by atoms with Crippen LogP contribution in [-0.4, -0.2) is 41.0 Å². The number of benzene rings is 1. The predicted octanol–water partition coefficient (Wildman–Crippen LogP) is 4.22. The van der Waals surface area contributed by atoms with E-state index in [2.05, 4.69) is 29.2 Å². The van der Waals surface area contributed by atoms with Gasteiger partial charge >= 0.3 is 0 Å². The molecule has 0 spiro atoms. The fourth-order valence-corrected chi connectivity index (χ4v) is 5.36. The van der Waals surface area contributed by atoms with Crippen molar-refractivity contribution in [3.8, 4) is 0 Å². The number of aryl methyl sites for hydroxylation is 2. The Hall–Kier alpha value is -2.67. The van der Waals surface area contributed by atoms with E-state index in [4.69, 9.17) is 4.98 Å². The molecule has 0 aliphatic carbocycles. The van der Waals surface area contributed by atoms with Crippen LogP contribution < -0.4 is 10.5 Å². The van der Waals surface area contributed by atoms with Gasteiger partial charge in [0.05, 0.1) is 10.3 Å². The number of amides is 1. The van der Waals surface area contributed by atoms with Gasteiger partial charge in [-0.25, -0.2) is 4.98 Å². The van der Waals surface area contributed by atoms with Crippen LogP contribution in [-0.2, 0) is 19.5 Å². The minimum atomic E-state index is -0.0284. The number of carbonyl (C=O) groups is 1. The first kappa shape index (κ1) is 21.6. The van der Waals surface area contributed by atoms with Gasteiger partial charge in [-0.05, 0) is 49.9 Å². The minimum absolute atomic E-state index is 0.0111. The van der Waals surface area contributed by atoms with E-state index >= 15 is 0 Å². The molecule has 0 saturated heterocycles. The van der Waals surface area contributed by atoms with E-state index in [-0.39, 0.29) is 11.5 Å². The molecule has 6 nitrogen and oxygen atoms in total. The van der Waals surface area contributed by atoms with Gasteiger partial charge in [-0.2, -0.15) is 0 Å². The highest BCUT2D eigenvalue weighted by Crippen LogP contribution is 2.30. The molecule has 1 aliphatic heterocycles. The number of hydrogen-bond acceptors (Lipinski definition) is 5. The van der Waals surface area contributed by atoms with Crippen LogP contribution in [0.4, 0.5) is 5.69 Å². The van der Waals surface area contributed by atoms with Crippen LogP contribution in [0.2, 0.25) is 0 Å². The summed E-state index contributed by atoms with van der Waals surface area (Å²) in [5, 5.41) is 0.616. The smallest absolute Gasteiger partial charge is 0.264 e. The monoisotopic (exact) mass is 438 g/mol. The summed E-state index contributed by atoms with van der Waals surface area (Å²) in [5.74, 6) is 0.836. The Labute approximate surface area is 187 Å². The maximum Gasteiger partial charge on any atom is 0.264 e. The zero-order chi connectivity index (χ0) is 22.1. The molecule has 4 rings (SSSR count). The molecular weight excluding hydrogens is 408 g/mol. The van der Waals surface area contributed by atoms with E-state index in [0.29, 0.717) is 28.2 Å². The summed E-state index contributed by atoms with van der Waals surface area (Å²) in [5.41, 5.74) is 3.00. The van der Waals surface area contributed by atoms with Crippen LogP contribution in [0.15, 0.2) is 29.1 Å². The van der Waals surface area contributed by atoms with Gasteiger partial charge in [0.15, 0.2) is 0 Å². The van der Waals surface area contributed by atoms with Crippen molar-refractivity contribution in [2.45, 2.75) is 52.6 Å². The van der Waals surface area contributed by atoms with Crippen molar-refractivity contribution < 1.29 is 4.79 Å². The number of carbonyl (C=O) groups excluding carboxylic acids is 1. The van der Waals surface area contributed by atoms with E-state index in [1.54, 1.807) is 0 Å². The van der Waals surface area contributed by atoms with E-state index < -0.39 is 0 Å². The number of nitrogens with zero attached hydrogens (tertiary/aromatic N) is 4. The molecule has 0 saturated carbocycles. The Balaban J connectivity index is 1.66. The minimum Gasteiger partial charge on any atom is -0.378 e. The highest BCUT2D eigenvalue weighted by Gasteiger charge is 2.25. The summed E-state index contributed by atoms with van der Waals surface area (Å²) >= 11 is 1.36. The molecule has 0 N–H and O–H groups in total. The first-order valence-electron chi connectivity index (χ1n) is 11.0. The first-order chi connectivity index (χ1) is 14.9. The Morgan fingerprint density at radius 1 is 1.16 bits per heavy atom. The van der Waals surface area contributed by atoms with Crippen molar-refractivity contribution in [3.63, 3.8) is 0 Å². The van der Waals surface area contributed by atoms with Crippen LogP contribution in [0.5, 0.6) is 0 Å². The van der Waals surface area contributed by atoms with E-state index in [9.17, 15) is 9.59 Å².